The molecule has 1 saturated heterocycles. The summed E-state index contributed by atoms with van der Waals surface area (Å²) in [5.41, 5.74) is 0.112. The van der Waals surface area contributed by atoms with Crippen molar-refractivity contribution in [2.45, 2.75) is 38.6 Å². The van der Waals surface area contributed by atoms with Gasteiger partial charge in [0.15, 0.2) is 17.5 Å². The van der Waals surface area contributed by atoms with Gasteiger partial charge in [-0.25, -0.2) is 0 Å². The fourth-order valence-electron chi connectivity index (χ4n) is 3.44. The number of aliphatic imine (C=N–C) groups is 1. The Bertz CT molecular complexity index is 648. The van der Waals surface area contributed by atoms with Crippen LogP contribution in [-0.2, 0) is 0 Å². The van der Waals surface area contributed by atoms with Gasteiger partial charge < -0.3 is 24.8 Å². The Labute approximate surface area is 185 Å². The average Bonchev–Trinajstić information content (AvgIpc) is 3.16. The first kappa shape index (κ1) is 22.9. The van der Waals surface area contributed by atoms with Gasteiger partial charge in [-0.1, -0.05) is 6.42 Å². The van der Waals surface area contributed by atoms with Crippen LogP contribution in [0.3, 0.4) is 0 Å². The Kier molecular flexibility index (Phi) is 8.94. The van der Waals surface area contributed by atoms with Crippen LogP contribution in [-0.4, -0.2) is 63.0 Å². The molecule has 0 radical (unpaired) electrons. The molecule has 2 aliphatic heterocycles. The summed E-state index contributed by atoms with van der Waals surface area (Å²) in [6.45, 7) is 9.29. The van der Waals surface area contributed by atoms with Crippen molar-refractivity contribution in [3.05, 3.63) is 18.2 Å². The monoisotopic (exact) mass is 504 g/mol. The van der Waals surface area contributed by atoms with E-state index >= 15 is 0 Å². The maximum atomic E-state index is 5.78. The minimum atomic E-state index is 0. The largest absolute Gasteiger partial charge is 0.492 e. The molecule has 2 aliphatic rings. The van der Waals surface area contributed by atoms with Crippen LogP contribution in [0.25, 0.3) is 0 Å². The number of nitrogens with zero attached hydrogens (tertiary/aromatic N) is 2. The van der Waals surface area contributed by atoms with Crippen molar-refractivity contribution in [1.82, 2.24) is 15.5 Å². The van der Waals surface area contributed by atoms with Crippen LogP contribution in [0.2, 0.25) is 0 Å². The van der Waals surface area contributed by atoms with Gasteiger partial charge in [-0.3, -0.25) is 9.89 Å². The molecular weight excluding hydrogens is 471 g/mol. The Morgan fingerprint density at radius 1 is 1.14 bits per heavy atom. The topological polar surface area (TPSA) is 67.4 Å². The van der Waals surface area contributed by atoms with Gasteiger partial charge in [0.2, 0.25) is 6.79 Å². The molecule has 1 aromatic rings. The zero-order valence-electron chi connectivity index (χ0n) is 17.1. The molecule has 0 unspecified atom stereocenters. The number of benzene rings is 1. The Morgan fingerprint density at radius 3 is 2.64 bits per heavy atom. The lowest BCUT2D eigenvalue weighted by molar-refractivity contribution is 0.0982. The summed E-state index contributed by atoms with van der Waals surface area (Å²) >= 11 is 0. The van der Waals surface area contributed by atoms with Crippen LogP contribution < -0.4 is 24.8 Å². The number of likely N-dealkylation sites (tertiary alicyclic amines) is 1. The van der Waals surface area contributed by atoms with Crippen molar-refractivity contribution in [2.24, 2.45) is 4.99 Å². The van der Waals surface area contributed by atoms with Crippen molar-refractivity contribution in [2.75, 3.05) is 46.6 Å². The maximum absolute atomic E-state index is 5.78. The molecule has 0 aliphatic carbocycles. The third-order valence-electron chi connectivity index (χ3n) is 5.13. The van der Waals surface area contributed by atoms with Gasteiger partial charge in [-0.15, -0.1) is 24.0 Å². The highest BCUT2D eigenvalue weighted by molar-refractivity contribution is 14.0. The average molecular weight is 504 g/mol. The molecular formula is C20H33IN4O3. The zero-order chi connectivity index (χ0) is 19.1. The molecule has 1 aromatic carbocycles. The number of nitrogens with one attached hydrogen (secondary N) is 2. The number of rotatable bonds is 7. The van der Waals surface area contributed by atoms with E-state index in [0.717, 1.165) is 29.8 Å². The molecule has 1 fully saturated rings. The second kappa shape index (κ2) is 10.9. The van der Waals surface area contributed by atoms with Crippen molar-refractivity contribution in [3.8, 4) is 17.2 Å². The fourth-order valence-corrected chi connectivity index (χ4v) is 3.44. The first-order valence-electron chi connectivity index (χ1n) is 9.80. The number of hydrogen-bond donors (Lipinski definition) is 2. The van der Waals surface area contributed by atoms with E-state index in [-0.39, 0.29) is 36.3 Å². The highest BCUT2D eigenvalue weighted by Gasteiger charge is 2.27. The molecule has 0 aromatic heterocycles. The van der Waals surface area contributed by atoms with E-state index in [2.05, 4.69) is 34.4 Å². The normalized spacial score (nSPS) is 17.0. The smallest absolute Gasteiger partial charge is 0.231 e. The van der Waals surface area contributed by atoms with Crippen LogP contribution in [0.4, 0.5) is 0 Å². The Morgan fingerprint density at radius 2 is 1.89 bits per heavy atom. The molecule has 8 heteroatoms. The predicted molar refractivity (Wildman–Crippen MR) is 122 cm³/mol. The molecule has 2 heterocycles. The lowest BCUT2D eigenvalue weighted by Crippen LogP contribution is -2.55. The molecule has 7 nitrogen and oxygen atoms in total. The lowest BCUT2D eigenvalue weighted by atomic mass is 9.98. The second-order valence-corrected chi connectivity index (χ2v) is 7.58. The number of ether oxygens (including phenoxy) is 3. The minimum Gasteiger partial charge on any atom is -0.492 e. The van der Waals surface area contributed by atoms with E-state index in [1.54, 1.807) is 7.05 Å². The lowest BCUT2D eigenvalue weighted by Gasteiger charge is -2.41. The number of halogens is 1. The number of piperidine rings is 1. The predicted octanol–water partition coefficient (Wildman–Crippen LogP) is 2.84. The van der Waals surface area contributed by atoms with Gasteiger partial charge in [-0.05, 0) is 51.9 Å². The molecule has 3 rings (SSSR count). The van der Waals surface area contributed by atoms with E-state index < -0.39 is 0 Å². The highest BCUT2D eigenvalue weighted by atomic mass is 127. The van der Waals surface area contributed by atoms with Gasteiger partial charge in [0.05, 0.1) is 6.54 Å². The third kappa shape index (κ3) is 6.30. The second-order valence-electron chi connectivity index (χ2n) is 7.58. The summed E-state index contributed by atoms with van der Waals surface area (Å²) in [5, 5.41) is 6.75. The van der Waals surface area contributed by atoms with Gasteiger partial charge >= 0.3 is 0 Å². The summed E-state index contributed by atoms with van der Waals surface area (Å²) in [5.74, 6) is 3.07. The van der Waals surface area contributed by atoms with Crippen LogP contribution in [0.15, 0.2) is 23.2 Å². The van der Waals surface area contributed by atoms with Gasteiger partial charge in [0.25, 0.3) is 0 Å². The van der Waals surface area contributed by atoms with Gasteiger partial charge in [0, 0.05) is 25.2 Å². The quantitative estimate of drug-likeness (QED) is 0.258. The summed E-state index contributed by atoms with van der Waals surface area (Å²) in [7, 11) is 1.79. The molecule has 0 bridgehead atoms. The molecule has 0 saturated carbocycles. The minimum absolute atomic E-state index is 0. The Balaban J connectivity index is 0.00000280. The summed E-state index contributed by atoms with van der Waals surface area (Å²) in [4.78, 5) is 6.88. The van der Waals surface area contributed by atoms with E-state index in [9.17, 15) is 0 Å². The van der Waals surface area contributed by atoms with Crippen molar-refractivity contribution < 1.29 is 14.2 Å². The van der Waals surface area contributed by atoms with E-state index in [1.165, 1.54) is 32.4 Å². The molecule has 2 N–H and O–H groups in total. The Hall–Kier alpha value is -1.42. The summed E-state index contributed by atoms with van der Waals surface area (Å²) in [6, 6.07) is 5.62. The standard InChI is InChI=1S/C20H32N4O3.HI/c1-20(2,24-10-5-4-6-11-24)14-23-19(21-3)22-9-12-25-16-7-8-17-18(13-16)27-15-26-17;/h7-8,13H,4-6,9-12,14-15H2,1-3H3,(H2,21,22,23);1H. The molecule has 0 atom stereocenters. The van der Waals surface area contributed by atoms with Crippen LogP contribution in [0, 0.1) is 0 Å². The molecule has 28 heavy (non-hydrogen) atoms. The fraction of sp³-hybridized carbons (Fsp3) is 0.650. The first-order chi connectivity index (χ1) is 13.1. The van der Waals surface area contributed by atoms with Crippen LogP contribution >= 0.6 is 24.0 Å². The summed E-state index contributed by atoms with van der Waals surface area (Å²) < 4.78 is 16.4. The molecule has 0 spiro atoms. The van der Waals surface area contributed by atoms with E-state index in [0.29, 0.717) is 13.2 Å². The highest BCUT2D eigenvalue weighted by Crippen LogP contribution is 2.34. The van der Waals surface area contributed by atoms with Crippen LogP contribution in [0.5, 0.6) is 17.2 Å². The number of guanidine groups is 1. The van der Waals surface area contributed by atoms with Gasteiger partial charge in [0.1, 0.15) is 12.4 Å². The zero-order valence-corrected chi connectivity index (χ0v) is 19.5. The van der Waals surface area contributed by atoms with E-state index in [4.69, 9.17) is 14.2 Å². The van der Waals surface area contributed by atoms with E-state index in [1.807, 2.05) is 18.2 Å². The number of fused-ring (bicyclic) bond motifs is 1. The maximum Gasteiger partial charge on any atom is 0.231 e. The third-order valence-corrected chi connectivity index (χ3v) is 5.13. The first-order valence-corrected chi connectivity index (χ1v) is 9.80. The number of hydrogen-bond acceptors (Lipinski definition) is 5. The molecule has 158 valence electrons. The van der Waals surface area contributed by atoms with Gasteiger partial charge in [-0.2, -0.15) is 0 Å². The summed E-state index contributed by atoms with van der Waals surface area (Å²) in [6.07, 6.45) is 3.95. The van der Waals surface area contributed by atoms with Crippen molar-refractivity contribution in [3.63, 3.8) is 0 Å². The van der Waals surface area contributed by atoms with Crippen LogP contribution in [0.1, 0.15) is 33.1 Å². The molecule has 0 amide bonds. The van der Waals surface area contributed by atoms with Crippen molar-refractivity contribution >= 4 is 29.9 Å². The van der Waals surface area contributed by atoms with Crippen molar-refractivity contribution in [1.29, 1.82) is 0 Å². The SMILES string of the molecule is CN=C(NCCOc1ccc2c(c1)OCO2)NCC(C)(C)N1CCCCC1.I.